The maximum Gasteiger partial charge on any atom is 0.248 e. The maximum atomic E-state index is 14.0. The number of thiazole rings is 1. The second-order valence-corrected chi connectivity index (χ2v) is 9.47. The first kappa shape index (κ1) is 24.0. The summed E-state index contributed by atoms with van der Waals surface area (Å²) in [6, 6.07) is 6.54. The van der Waals surface area contributed by atoms with Crippen LogP contribution in [0.5, 0.6) is 0 Å². The Hall–Kier alpha value is -3.14. The van der Waals surface area contributed by atoms with E-state index in [4.69, 9.17) is 4.52 Å². The van der Waals surface area contributed by atoms with Gasteiger partial charge in [-0.2, -0.15) is 9.98 Å². The third kappa shape index (κ3) is 5.85. The zero-order valence-electron chi connectivity index (χ0n) is 19.1. The molecule has 2 heterocycles. The van der Waals surface area contributed by atoms with E-state index in [-0.39, 0.29) is 30.5 Å². The van der Waals surface area contributed by atoms with Crippen molar-refractivity contribution in [3.63, 3.8) is 0 Å². The van der Waals surface area contributed by atoms with Crippen LogP contribution in [0.15, 0.2) is 45.4 Å². The normalized spacial score (nSPS) is 16.2. The molecular formula is C24H28FN5O3S. The Labute approximate surface area is 200 Å². The number of benzene rings is 1. The molecule has 2 amide bonds. The van der Waals surface area contributed by atoms with E-state index in [1.54, 1.807) is 29.0 Å². The van der Waals surface area contributed by atoms with Crippen LogP contribution in [0.1, 0.15) is 69.1 Å². The third-order valence-electron chi connectivity index (χ3n) is 6.00. The Morgan fingerprint density at radius 2 is 2.00 bits per heavy atom. The van der Waals surface area contributed by atoms with Gasteiger partial charge in [0.25, 0.3) is 0 Å². The molecule has 0 aliphatic heterocycles. The van der Waals surface area contributed by atoms with Gasteiger partial charge in [0.15, 0.2) is 10.6 Å². The minimum Gasteiger partial charge on any atom is -0.343 e. The first-order chi connectivity index (χ1) is 16.4. The summed E-state index contributed by atoms with van der Waals surface area (Å²) in [5.74, 6) is 0.0803. The molecule has 2 aromatic heterocycles. The number of aryl methyl sites for hydroxylation is 1. The number of hydrogen-bond donors (Lipinski definition) is 1. The minimum absolute atomic E-state index is 0.104. The van der Waals surface area contributed by atoms with Crippen molar-refractivity contribution in [1.29, 1.82) is 0 Å². The summed E-state index contributed by atoms with van der Waals surface area (Å²) in [4.78, 5) is 33.6. The number of nitrogens with one attached hydrogen (secondary N) is 1. The van der Waals surface area contributed by atoms with Gasteiger partial charge >= 0.3 is 0 Å². The van der Waals surface area contributed by atoms with Crippen molar-refractivity contribution in [2.75, 3.05) is 0 Å². The fourth-order valence-corrected chi connectivity index (χ4v) is 5.06. The molecule has 0 atom stereocenters. The summed E-state index contributed by atoms with van der Waals surface area (Å²) < 4.78 is 21.1. The maximum absolute atomic E-state index is 14.0. The zero-order chi connectivity index (χ0) is 24.0. The van der Waals surface area contributed by atoms with Gasteiger partial charge in [0.1, 0.15) is 11.4 Å². The predicted octanol–water partition coefficient (Wildman–Crippen LogP) is 3.87. The van der Waals surface area contributed by atoms with E-state index in [0.717, 1.165) is 38.5 Å². The highest BCUT2D eigenvalue weighted by molar-refractivity contribution is 7.07. The van der Waals surface area contributed by atoms with Crippen LogP contribution >= 0.6 is 11.3 Å². The van der Waals surface area contributed by atoms with Gasteiger partial charge in [-0.25, -0.2) is 4.39 Å². The number of amides is 2. The molecule has 1 aromatic carbocycles. The van der Waals surface area contributed by atoms with Crippen molar-refractivity contribution in [2.45, 2.75) is 70.4 Å². The Kier molecular flexibility index (Phi) is 7.66. The summed E-state index contributed by atoms with van der Waals surface area (Å²) >= 11 is 1.32. The fraction of sp³-hybridized carbons (Fsp3) is 0.458. The van der Waals surface area contributed by atoms with Crippen LogP contribution in [-0.4, -0.2) is 26.5 Å². The first-order valence-corrected chi connectivity index (χ1v) is 12.4. The molecule has 34 heavy (non-hydrogen) atoms. The van der Waals surface area contributed by atoms with Crippen molar-refractivity contribution in [3.8, 4) is 0 Å². The summed E-state index contributed by atoms with van der Waals surface area (Å²) in [6.07, 6.45) is 7.85. The molecule has 0 radical (unpaired) electrons. The highest BCUT2D eigenvalue weighted by Gasteiger charge is 2.38. The molecule has 0 saturated heterocycles. The summed E-state index contributed by atoms with van der Waals surface area (Å²) in [5, 5.41) is 9.01. The standard InChI is InChI=1S/C24H28FN5O3S/c1-17(31)28-24(12-6-2-3-7-13-24)22-27-21(33-29-22)11-10-20(32)26-23-30(14-15-34-23)16-18-8-4-5-9-19(18)25/h4-5,8-9,14-15H,2-3,6-7,10-13,16H2,1H3,(H,28,31). The van der Waals surface area contributed by atoms with Crippen molar-refractivity contribution in [3.05, 3.63) is 63.7 Å². The molecule has 0 spiro atoms. The lowest BCUT2D eigenvalue weighted by Gasteiger charge is -2.30. The van der Waals surface area contributed by atoms with E-state index in [9.17, 15) is 14.0 Å². The topological polar surface area (TPSA) is 102 Å². The number of carbonyl (C=O) groups is 2. The molecule has 0 unspecified atom stereocenters. The highest BCUT2D eigenvalue weighted by Crippen LogP contribution is 2.34. The average Bonchev–Trinajstić information content (AvgIpc) is 3.39. The van der Waals surface area contributed by atoms with Gasteiger partial charge in [0.2, 0.25) is 17.7 Å². The van der Waals surface area contributed by atoms with Crippen molar-refractivity contribution < 1.29 is 18.5 Å². The molecule has 0 bridgehead atoms. The number of rotatable bonds is 7. The molecule has 10 heteroatoms. The summed E-state index contributed by atoms with van der Waals surface area (Å²) in [7, 11) is 0. The lowest BCUT2D eigenvalue weighted by molar-refractivity contribution is -0.121. The van der Waals surface area contributed by atoms with Gasteiger partial charge in [0, 0.05) is 36.9 Å². The minimum atomic E-state index is -0.617. The fourth-order valence-electron chi connectivity index (χ4n) is 4.32. The van der Waals surface area contributed by atoms with Crippen molar-refractivity contribution in [2.24, 2.45) is 4.99 Å². The van der Waals surface area contributed by atoms with E-state index < -0.39 is 5.54 Å². The van der Waals surface area contributed by atoms with E-state index in [2.05, 4.69) is 20.4 Å². The lowest BCUT2D eigenvalue weighted by atomic mass is 9.89. The van der Waals surface area contributed by atoms with Gasteiger partial charge in [-0.3, -0.25) is 9.59 Å². The predicted molar refractivity (Wildman–Crippen MR) is 124 cm³/mol. The molecule has 3 aromatic rings. The quantitative estimate of drug-likeness (QED) is 0.512. The molecule has 1 aliphatic carbocycles. The van der Waals surface area contributed by atoms with Crippen molar-refractivity contribution >= 4 is 23.2 Å². The van der Waals surface area contributed by atoms with Crippen LogP contribution in [0, 0.1) is 5.82 Å². The molecule has 4 rings (SSSR count). The van der Waals surface area contributed by atoms with E-state index in [1.165, 1.54) is 24.3 Å². The number of nitrogens with zero attached hydrogens (tertiary/aromatic N) is 4. The summed E-state index contributed by atoms with van der Waals surface area (Å²) in [6.45, 7) is 1.79. The zero-order valence-corrected chi connectivity index (χ0v) is 19.9. The largest absolute Gasteiger partial charge is 0.343 e. The number of hydrogen-bond acceptors (Lipinski definition) is 6. The molecule has 180 valence electrons. The van der Waals surface area contributed by atoms with Crippen LogP contribution < -0.4 is 10.1 Å². The van der Waals surface area contributed by atoms with Crippen LogP contribution in [0.2, 0.25) is 0 Å². The van der Waals surface area contributed by atoms with Gasteiger partial charge in [-0.1, -0.05) is 49.0 Å². The van der Waals surface area contributed by atoms with Crippen molar-refractivity contribution in [1.82, 2.24) is 20.0 Å². The van der Waals surface area contributed by atoms with Gasteiger partial charge in [-0.05, 0) is 18.9 Å². The third-order valence-corrected chi connectivity index (χ3v) is 6.79. The summed E-state index contributed by atoms with van der Waals surface area (Å²) in [5.41, 5.74) is -0.0898. The second kappa shape index (κ2) is 10.9. The number of aromatic nitrogens is 3. The van der Waals surface area contributed by atoms with Gasteiger partial charge in [0.05, 0.1) is 6.54 Å². The number of halogens is 1. The van der Waals surface area contributed by atoms with Crippen LogP contribution in [0.3, 0.4) is 0 Å². The SMILES string of the molecule is CC(=O)NC1(c2noc(CCC(=O)N=c3sccn3Cc3ccccc3F)n2)CCCCCC1. The first-order valence-electron chi connectivity index (χ1n) is 11.5. The van der Waals surface area contributed by atoms with Crippen LogP contribution in [0.25, 0.3) is 0 Å². The Balaban J connectivity index is 1.43. The molecule has 8 nitrogen and oxygen atoms in total. The molecule has 1 fully saturated rings. The monoisotopic (exact) mass is 485 g/mol. The van der Waals surface area contributed by atoms with Crippen LogP contribution in [0.4, 0.5) is 4.39 Å². The molecule has 1 saturated carbocycles. The number of carbonyl (C=O) groups excluding carboxylic acids is 2. The lowest BCUT2D eigenvalue weighted by Crippen LogP contribution is -2.45. The second-order valence-electron chi connectivity index (χ2n) is 8.60. The Morgan fingerprint density at radius 3 is 2.74 bits per heavy atom. The molecule has 1 N–H and O–H groups in total. The van der Waals surface area contributed by atoms with Crippen LogP contribution in [-0.2, 0) is 28.1 Å². The Bertz CT molecular complexity index is 1210. The van der Waals surface area contributed by atoms with E-state index in [1.807, 2.05) is 5.38 Å². The average molecular weight is 486 g/mol. The highest BCUT2D eigenvalue weighted by atomic mass is 32.1. The van der Waals surface area contributed by atoms with E-state index in [0.29, 0.717) is 28.6 Å². The molecular weight excluding hydrogens is 457 g/mol. The van der Waals surface area contributed by atoms with Gasteiger partial charge < -0.3 is 14.4 Å². The van der Waals surface area contributed by atoms with Gasteiger partial charge in [-0.15, -0.1) is 11.3 Å². The Morgan fingerprint density at radius 1 is 1.24 bits per heavy atom. The smallest absolute Gasteiger partial charge is 0.248 e. The van der Waals surface area contributed by atoms with E-state index >= 15 is 0 Å². The molecule has 1 aliphatic rings.